The van der Waals surface area contributed by atoms with Crippen LogP contribution in [0.25, 0.3) is 22.3 Å². The molecule has 0 radical (unpaired) electrons. The van der Waals surface area contributed by atoms with Gasteiger partial charge in [-0.2, -0.15) is 0 Å². The Bertz CT molecular complexity index is 868. The average Bonchev–Trinajstić information content (AvgIpc) is 2.67. The van der Waals surface area contributed by atoms with Crippen LogP contribution in [-0.4, -0.2) is 20.5 Å². The van der Waals surface area contributed by atoms with Gasteiger partial charge in [-0.05, 0) is 29.3 Å². The monoisotopic (exact) mass is 318 g/mol. The molecule has 0 aliphatic heterocycles. The van der Waals surface area contributed by atoms with Crippen LogP contribution in [0.5, 0.6) is 11.5 Å². The lowest BCUT2D eigenvalue weighted by Crippen LogP contribution is -1.94. The molecule has 24 heavy (non-hydrogen) atoms. The lowest BCUT2D eigenvalue weighted by Gasteiger charge is -2.13. The molecule has 0 amide bonds. The second-order valence-corrected chi connectivity index (χ2v) is 5.32. The number of hydrogen-bond donors (Lipinski definition) is 0. The van der Waals surface area contributed by atoms with Crippen molar-refractivity contribution in [3.8, 4) is 33.8 Å². The first-order valence-electron chi connectivity index (χ1n) is 7.64. The quantitative estimate of drug-likeness (QED) is 0.631. The van der Waals surface area contributed by atoms with E-state index < -0.39 is 0 Å². The van der Waals surface area contributed by atoms with E-state index in [0.717, 1.165) is 40.0 Å². The SMILES string of the molecule is COc1ccccc1-c1ccc(-c2ccccc2OC)c(C=O)c1. The van der Waals surface area contributed by atoms with Crippen molar-refractivity contribution in [1.82, 2.24) is 0 Å². The summed E-state index contributed by atoms with van der Waals surface area (Å²) in [5, 5.41) is 0. The maximum atomic E-state index is 11.7. The zero-order chi connectivity index (χ0) is 16.9. The molecule has 0 aromatic heterocycles. The second-order valence-electron chi connectivity index (χ2n) is 5.32. The molecule has 3 aromatic carbocycles. The molecule has 0 saturated carbocycles. The highest BCUT2D eigenvalue weighted by Gasteiger charge is 2.12. The number of benzene rings is 3. The summed E-state index contributed by atoms with van der Waals surface area (Å²) in [5.41, 5.74) is 4.25. The Kier molecular flexibility index (Phi) is 4.62. The highest BCUT2D eigenvalue weighted by molar-refractivity contribution is 5.92. The first-order chi connectivity index (χ1) is 11.8. The molecule has 3 aromatic rings. The molecule has 0 bridgehead atoms. The van der Waals surface area contributed by atoms with Crippen LogP contribution in [0.3, 0.4) is 0 Å². The molecular weight excluding hydrogens is 300 g/mol. The molecular formula is C21H18O3. The first-order valence-corrected chi connectivity index (χ1v) is 7.64. The summed E-state index contributed by atoms with van der Waals surface area (Å²) in [6, 6.07) is 21.3. The minimum absolute atomic E-state index is 0.614. The molecule has 120 valence electrons. The predicted octanol–water partition coefficient (Wildman–Crippen LogP) is 4.85. The summed E-state index contributed by atoms with van der Waals surface area (Å²) in [6.07, 6.45) is 0.876. The van der Waals surface area contributed by atoms with Crippen molar-refractivity contribution in [3.05, 3.63) is 72.3 Å². The topological polar surface area (TPSA) is 35.5 Å². The minimum atomic E-state index is 0.614. The molecule has 0 spiro atoms. The molecule has 0 unspecified atom stereocenters. The number of carbonyl (C=O) groups excluding carboxylic acids is 1. The third-order valence-corrected chi connectivity index (χ3v) is 3.99. The normalized spacial score (nSPS) is 10.2. The van der Waals surface area contributed by atoms with Crippen molar-refractivity contribution in [2.45, 2.75) is 0 Å². The second kappa shape index (κ2) is 7.01. The van der Waals surface area contributed by atoms with Gasteiger partial charge in [0, 0.05) is 16.7 Å². The van der Waals surface area contributed by atoms with Gasteiger partial charge in [0.25, 0.3) is 0 Å². The van der Waals surface area contributed by atoms with Crippen LogP contribution >= 0.6 is 0 Å². The van der Waals surface area contributed by atoms with Crippen molar-refractivity contribution in [1.29, 1.82) is 0 Å². The van der Waals surface area contributed by atoms with E-state index in [0.29, 0.717) is 5.56 Å². The predicted molar refractivity (Wildman–Crippen MR) is 95.8 cm³/mol. The molecule has 3 heteroatoms. The summed E-state index contributed by atoms with van der Waals surface area (Å²) in [5.74, 6) is 1.52. The number of aldehydes is 1. The molecule has 3 nitrogen and oxygen atoms in total. The average molecular weight is 318 g/mol. The Morgan fingerprint density at radius 1 is 0.708 bits per heavy atom. The van der Waals surface area contributed by atoms with Crippen LogP contribution in [-0.2, 0) is 0 Å². The van der Waals surface area contributed by atoms with Gasteiger partial charge in [0.05, 0.1) is 14.2 Å². The Balaban J connectivity index is 2.14. The molecule has 0 N–H and O–H groups in total. The van der Waals surface area contributed by atoms with Crippen molar-refractivity contribution < 1.29 is 14.3 Å². The molecule has 0 aliphatic carbocycles. The van der Waals surface area contributed by atoms with E-state index in [4.69, 9.17) is 9.47 Å². The summed E-state index contributed by atoms with van der Waals surface area (Å²) >= 11 is 0. The third-order valence-electron chi connectivity index (χ3n) is 3.99. The molecule has 0 aliphatic rings. The van der Waals surface area contributed by atoms with Crippen molar-refractivity contribution in [2.24, 2.45) is 0 Å². The van der Waals surface area contributed by atoms with Crippen molar-refractivity contribution in [2.75, 3.05) is 14.2 Å². The van der Waals surface area contributed by atoms with Gasteiger partial charge in [0.2, 0.25) is 0 Å². The smallest absolute Gasteiger partial charge is 0.150 e. The lowest BCUT2D eigenvalue weighted by atomic mass is 9.94. The van der Waals surface area contributed by atoms with Crippen molar-refractivity contribution >= 4 is 6.29 Å². The van der Waals surface area contributed by atoms with Crippen LogP contribution in [0.15, 0.2) is 66.7 Å². The third kappa shape index (κ3) is 2.88. The highest BCUT2D eigenvalue weighted by Crippen LogP contribution is 2.36. The summed E-state index contributed by atoms with van der Waals surface area (Å²) < 4.78 is 10.8. The van der Waals surface area contributed by atoms with E-state index in [1.165, 1.54) is 0 Å². The minimum Gasteiger partial charge on any atom is -0.496 e. The van der Waals surface area contributed by atoms with E-state index in [1.54, 1.807) is 14.2 Å². The first kappa shape index (κ1) is 15.8. The summed E-state index contributed by atoms with van der Waals surface area (Å²) in [6.45, 7) is 0. The zero-order valence-corrected chi connectivity index (χ0v) is 13.7. The number of rotatable bonds is 5. The molecule has 0 saturated heterocycles. The molecule has 0 fully saturated rings. The standard InChI is InChI=1S/C21H18O3/c1-23-20-9-5-3-7-18(20)15-11-12-17(16(13-15)14-22)19-8-4-6-10-21(19)24-2/h3-14H,1-2H3. The van der Waals surface area contributed by atoms with E-state index in [9.17, 15) is 4.79 Å². The number of ether oxygens (including phenoxy) is 2. The maximum absolute atomic E-state index is 11.7. The maximum Gasteiger partial charge on any atom is 0.150 e. The van der Waals surface area contributed by atoms with E-state index in [-0.39, 0.29) is 0 Å². The van der Waals surface area contributed by atoms with E-state index in [2.05, 4.69) is 0 Å². The van der Waals surface area contributed by atoms with Gasteiger partial charge >= 0.3 is 0 Å². The van der Waals surface area contributed by atoms with E-state index >= 15 is 0 Å². The fourth-order valence-corrected chi connectivity index (χ4v) is 2.82. The van der Waals surface area contributed by atoms with Crippen LogP contribution in [0.4, 0.5) is 0 Å². The van der Waals surface area contributed by atoms with Gasteiger partial charge < -0.3 is 9.47 Å². The summed E-state index contributed by atoms with van der Waals surface area (Å²) in [4.78, 5) is 11.7. The van der Waals surface area contributed by atoms with E-state index in [1.807, 2.05) is 66.7 Å². The van der Waals surface area contributed by atoms with Crippen LogP contribution in [0, 0.1) is 0 Å². The fraction of sp³-hybridized carbons (Fsp3) is 0.0952. The van der Waals surface area contributed by atoms with Crippen LogP contribution in [0.1, 0.15) is 10.4 Å². The van der Waals surface area contributed by atoms with Crippen LogP contribution < -0.4 is 9.47 Å². The Hall–Kier alpha value is -3.07. The van der Waals surface area contributed by atoms with Crippen molar-refractivity contribution in [3.63, 3.8) is 0 Å². The van der Waals surface area contributed by atoms with Gasteiger partial charge in [0.1, 0.15) is 11.5 Å². The number of hydrogen-bond acceptors (Lipinski definition) is 3. The zero-order valence-electron chi connectivity index (χ0n) is 13.7. The number of carbonyl (C=O) groups is 1. The number of methoxy groups -OCH3 is 2. The number of para-hydroxylation sites is 2. The fourth-order valence-electron chi connectivity index (χ4n) is 2.82. The Morgan fingerprint density at radius 2 is 1.29 bits per heavy atom. The molecule has 0 atom stereocenters. The summed E-state index contributed by atoms with van der Waals surface area (Å²) in [7, 11) is 3.27. The van der Waals surface area contributed by atoms with Crippen LogP contribution in [0.2, 0.25) is 0 Å². The molecule has 0 heterocycles. The molecule has 3 rings (SSSR count). The largest absolute Gasteiger partial charge is 0.496 e. The van der Waals surface area contributed by atoms with Gasteiger partial charge in [-0.1, -0.05) is 48.5 Å². The van der Waals surface area contributed by atoms with Gasteiger partial charge in [-0.25, -0.2) is 0 Å². The lowest BCUT2D eigenvalue weighted by molar-refractivity contribution is 0.112. The Labute approximate surface area is 141 Å². The highest BCUT2D eigenvalue weighted by atomic mass is 16.5. The van der Waals surface area contributed by atoms with Gasteiger partial charge in [0.15, 0.2) is 6.29 Å². The van der Waals surface area contributed by atoms with Gasteiger partial charge in [-0.15, -0.1) is 0 Å². The Morgan fingerprint density at radius 3 is 1.92 bits per heavy atom. The van der Waals surface area contributed by atoms with Gasteiger partial charge in [-0.3, -0.25) is 4.79 Å².